The first-order valence-electron chi connectivity index (χ1n) is 12.5. The molecular weight excluding hydrogens is 580 g/mol. The molecule has 16 heteroatoms. The van der Waals surface area contributed by atoms with Gasteiger partial charge >= 0.3 is 12.4 Å². The van der Waals surface area contributed by atoms with Gasteiger partial charge in [0.1, 0.15) is 17.0 Å². The maximum absolute atomic E-state index is 13.8. The molecule has 1 aromatic carbocycles. The number of alkyl halides is 6. The molecule has 2 heterocycles. The summed E-state index contributed by atoms with van der Waals surface area (Å²) in [5, 5.41) is 13.8. The van der Waals surface area contributed by atoms with E-state index >= 15 is 0 Å². The summed E-state index contributed by atoms with van der Waals surface area (Å²) < 4.78 is 108. The molecule has 2 atom stereocenters. The van der Waals surface area contributed by atoms with Crippen LogP contribution in [0.1, 0.15) is 43.5 Å². The number of aromatic nitrogens is 2. The summed E-state index contributed by atoms with van der Waals surface area (Å²) in [5.74, 6) is -2.28. The number of nitrogens with zero attached hydrogens (tertiary/aromatic N) is 4. The number of carbonyl (C=O) groups is 2. The number of halogens is 6. The van der Waals surface area contributed by atoms with Crippen LogP contribution in [0.4, 0.5) is 26.3 Å². The highest BCUT2D eigenvalue weighted by atomic mass is 32.2. The molecule has 9 nitrogen and oxygen atoms in total. The third-order valence-electron chi connectivity index (χ3n) is 7.88. The van der Waals surface area contributed by atoms with Crippen molar-refractivity contribution < 1.29 is 44.3 Å². The van der Waals surface area contributed by atoms with Gasteiger partial charge in [0.05, 0.1) is 21.9 Å². The van der Waals surface area contributed by atoms with Gasteiger partial charge in [-0.2, -0.15) is 36.7 Å². The second-order valence-electron chi connectivity index (χ2n) is 10.7. The average Bonchev–Trinajstić information content (AvgIpc) is 3.78. The second kappa shape index (κ2) is 9.20. The minimum Gasteiger partial charge on any atom is -0.336 e. The SMILES string of the molecule is Cc1cc(C(F)(F)F)nn1-c1ccc(S(=O)(=O)[C@@H]2C[C@@H](C(=O)NC3(C#N)CC3)N(C(=O)C3(C(F)(F)F)CC3)C2)cc1. The maximum atomic E-state index is 13.8. The molecule has 3 aliphatic rings. The summed E-state index contributed by atoms with van der Waals surface area (Å²) in [6.07, 6.45) is -10.4. The van der Waals surface area contributed by atoms with Crippen molar-refractivity contribution in [3.63, 3.8) is 0 Å². The van der Waals surface area contributed by atoms with E-state index in [9.17, 15) is 49.6 Å². The minimum absolute atomic E-state index is 0.129. The highest BCUT2D eigenvalue weighted by Crippen LogP contribution is 2.59. The number of rotatable bonds is 6. The van der Waals surface area contributed by atoms with Gasteiger partial charge in [0.25, 0.3) is 0 Å². The molecule has 1 N–H and O–H groups in total. The first kappa shape index (κ1) is 28.9. The Bertz CT molecular complexity index is 1550. The molecule has 2 aromatic rings. The van der Waals surface area contributed by atoms with Crippen molar-refractivity contribution in [3.05, 3.63) is 41.7 Å². The Hall–Kier alpha value is -3.61. The largest absolute Gasteiger partial charge is 0.435 e. The van der Waals surface area contributed by atoms with E-state index in [4.69, 9.17) is 0 Å². The summed E-state index contributed by atoms with van der Waals surface area (Å²) in [6, 6.07) is 5.88. The first-order valence-corrected chi connectivity index (χ1v) is 14.1. The van der Waals surface area contributed by atoms with Gasteiger partial charge in [-0.05, 0) is 69.4 Å². The molecule has 5 rings (SSSR count). The molecule has 0 radical (unpaired) electrons. The van der Waals surface area contributed by atoms with E-state index < -0.39 is 87.8 Å². The van der Waals surface area contributed by atoms with Crippen molar-refractivity contribution >= 4 is 21.7 Å². The van der Waals surface area contributed by atoms with Crippen molar-refractivity contribution in [2.75, 3.05) is 6.54 Å². The van der Waals surface area contributed by atoms with Gasteiger partial charge in [-0.3, -0.25) is 9.59 Å². The smallest absolute Gasteiger partial charge is 0.336 e. The van der Waals surface area contributed by atoms with Gasteiger partial charge in [-0.25, -0.2) is 13.1 Å². The molecule has 1 aromatic heterocycles. The number of hydrogen-bond donors (Lipinski definition) is 1. The molecule has 0 bridgehead atoms. The van der Waals surface area contributed by atoms with Crippen LogP contribution in [-0.2, 0) is 25.6 Å². The van der Waals surface area contributed by atoms with Crippen molar-refractivity contribution in [3.8, 4) is 11.8 Å². The zero-order chi connectivity index (χ0) is 30.2. The Morgan fingerprint density at radius 1 is 1.07 bits per heavy atom. The van der Waals surface area contributed by atoms with Crippen molar-refractivity contribution in [1.29, 1.82) is 5.26 Å². The molecule has 41 heavy (non-hydrogen) atoms. The van der Waals surface area contributed by atoms with E-state index in [1.54, 1.807) is 0 Å². The summed E-state index contributed by atoms with van der Waals surface area (Å²) in [7, 11) is -4.32. The topological polar surface area (TPSA) is 125 Å². The number of nitrogens with one attached hydrogen (secondary N) is 1. The first-order chi connectivity index (χ1) is 18.9. The number of aryl methyl sites for hydroxylation is 1. The third kappa shape index (κ3) is 4.93. The van der Waals surface area contributed by atoms with E-state index in [1.165, 1.54) is 19.1 Å². The van der Waals surface area contributed by atoms with E-state index in [-0.39, 0.29) is 16.3 Å². The lowest BCUT2D eigenvalue weighted by molar-refractivity contribution is -0.199. The van der Waals surface area contributed by atoms with Crippen LogP contribution in [-0.4, -0.2) is 64.5 Å². The molecule has 220 valence electrons. The number of amides is 2. The van der Waals surface area contributed by atoms with Gasteiger partial charge in [-0.1, -0.05) is 0 Å². The molecule has 1 aliphatic heterocycles. The number of nitriles is 1. The Kier molecular flexibility index (Phi) is 6.48. The molecule has 0 spiro atoms. The minimum atomic E-state index is -4.89. The highest BCUT2D eigenvalue weighted by Gasteiger charge is 2.70. The van der Waals surface area contributed by atoms with Crippen LogP contribution < -0.4 is 5.32 Å². The lowest BCUT2D eigenvalue weighted by Crippen LogP contribution is -2.53. The molecule has 2 aliphatic carbocycles. The molecule has 1 saturated heterocycles. The predicted octanol–water partition coefficient (Wildman–Crippen LogP) is 3.46. The Labute approximate surface area is 230 Å². The zero-order valence-corrected chi connectivity index (χ0v) is 22.2. The van der Waals surface area contributed by atoms with E-state index in [0.717, 1.165) is 22.9 Å². The highest BCUT2D eigenvalue weighted by molar-refractivity contribution is 7.92. The fraction of sp³-hybridized carbons (Fsp3) is 0.520. The Morgan fingerprint density at radius 2 is 1.68 bits per heavy atom. The third-order valence-corrected chi connectivity index (χ3v) is 10.0. The number of hydrogen-bond acceptors (Lipinski definition) is 6. The normalized spacial score (nSPS) is 23.1. The van der Waals surface area contributed by atoms with Crippen LogP contribution in [0.25, 0.3) is 5.69 Å². The number of likely N-dealkylation sites (tertiary alicyclic amines) is 1. The van der Waals surface area contributed by atoms with Gasteiger partial charge in [-0.15, -0.1) is 0 Å². The zero-order valence-electron chi connectivity index (χ0n) is 21.4. The number of benzene rings is 1. The standard InChI is InChI=1S/C25H23F6N5O4S/c1-14-10-19(24(26,27)28)34-36(14)15-2-4-16(5-3-15)41(39,40)17-11-18(20(37)33-22(13-32)6-7-22)35(12-17)21(38)23(8-9-23)25(29,30)31/h2-5,10,17-18H,6-9,11-12H2,1H3,(H,33,37)/t17-,18+/m1/s1. The van der Waals surface area contributed by atoms with Gasteiger partial charge in [0, 0.05) is 12.2 Å². The average molecular weight is 604 g/mol. The molecule has 3 fully saturated rings. The lowest BCUT2D eigenvalue weighted by Gasteiger charge is -2.29. The van der Waals surface area contributed by atoms with Gasteiger partial charge < -0.3 is 10.2 Å². The molecular formula is C25H23F6N5O4S. The monoisotopic (exact) mass is 603 g/mol. The molecule has 2 saturated carbocycles. The van der Waals surface area contributed by atoms with Crippen molar-refractivity contribution in [2.45, 2.75) is 73.1 Å². The summed E-state index contributed by atoms with van der Waals surface area (Å²) in [5.41, 5.74) is -4.75. The van der Waals surface area contributed by atoms with Crippen LogP contribution in [0.2, 0.25) is 0 Å². The van der Waals surface area contributed by atoms with Crippen LogP contribution >= 0.6 is 0 Å². The molecule has 0 unspecified atom stereocenters. The quantitative estimate of drug-likeness (QED) is 0.505. The van der Waals surface area contributed by atoms with Crippen LogP contribution in [0.3, 0.4) is 0 Å². The van der Waals surface area contributed by atoms with E-state index in [0.29, 0.717) is 17.7 Å². The fourth-order valence-corrected chi connectivity index (χ4v) is 6.76. The van der Waals surface area contributed by atoms with Crippen LogP contribution in [0.15, 0.2) is 35.2 Å². The number of sulfone groups is 1. The summed E-state index contributed by atoms with van der Waals surface area (Å²) in [6.45, 7) is 0.708. The second-order valence-corrected chi connectivity index (χ2v) is 12.9. The van der Waals surface area contributed by atoms with E-state index in [2.05, 4.69) is 10.4 Å². The fourth-order valence-electron chi connectivity index (χ4n) is 5.07. The van der Waals surface area contributed by atoms with Crippen molar-refractivity contribution in [1.82, 2.24) is 20.0 Å². The Morgan fingerprint density at radius 3 is 2.15 bits per heavy atom. The summed E-state index contributed by atoms with van der Waals surface area (Å²) >= 11 is 0. The Balaban J connectivity index is 1.42. The predicted molar refractivity (Wildman–Crippen MR) is 128 cm³/mol. The lowest BCUT2D eigenvalue weighted by atomic mass is 10.0. The molecule has 2 amide bonds. The number of carbonyl (C=O) groups excluding carboxylic acids is 2. The van der Waals surface area contributed by atoms with Crippen molar-refractivity contribution in [2.24, 2.45) is 5.41 Å². The summed E-state index contributed by atoms with van der Waals surface area (Å²) in [4.78, 5) is 26.6. The van der Waals surface area contributed by atoms with Gasteiger partial charge in [0.2, 0.25) is 11.8 Å². The van der Waals surface area contributed by atoms with Gasteiger partial charge in [0.15, 0.2) is 15.5 Å². The van der Waals surface area contributed by atoms with Crippen LogP contribution in [0, 0.1) is 23.7 Å². The maximum Gasteiger partial charge on any atom is 0.435 e. The van der Waals surface area contributed by atoms with Crippen LogP contribution in [0.5, 0.6) is 0 Å². The van der Waals surface area contributed by atoms with E-state index in [1.807, 2.05) is 6.07 Å².